The SMILES string of the molecule is CCCOCC(NN)C1CN(C(C)C)CCO1. The summed E-state index contributed by atoms with van der Waals surface area (Å²) in [5.74, 6) is 5.58. The number of morpholine rings is 1. The van der Waals surface area contributed by atoms with Crippen molar-refractivity contribution < 1.29 is 9.47 Å². The lowest BCUT2D eigenvalue weighted by atomic mass is 10.1. The molecule has 0 aromatic carbocycles. The number of ether oxygens (including phenoxy) is 2. The highest BCUT2D eigenvalue weighted by molar-refractivity contribution is 4.82. The van der Waals surface area contributed by atoms with Crippen molar-refractivity contribution in [3.63, 3.8) is 0 Å². The molecule has 2 unspecified atom stereocenters. The van der Waals surface area contributed by atoms with E-state index in [-0.39, 0.29) is 12.1 Å². The fourth-order valence-corrected chi connectivity index (χ4v) is 2.03. The number of hydrogen-bond donors (Lipinski definition) is 2. The van der Waals surface area contributed by atoms with Crippen LogP contribution in [0.2, 0.25) is 0 Å². The molecule has 1 fully saturated rings. The number of rotatable bonds is 7. The third-order valence-corrected chi connectivity index (χ3v) is 3.16. The zero-order valence-electron chi connectivity index (χ0n) is 11.3. The first-order chi connectivity index (χ1) is 8.19. The van der Waals surface area contributed by atoms with Gasteiger partial charge in [0.2, 0.25) is 0 Å². The molecule has 1 rings (SSSR count). The summed E-state index contributed by atoms with van der Waals surface area (Å²) in [6, 6.07) is 0.625. The van der Waals surface area contributed by atoms with Gasteiger partial charge in [-0.2, -0.15) is 0 Å². The van der Waals surface area contributed by atoms with Crippen molar-refractivity contribution in [3.05, 3.63) is 0 Å². The fraction of sp³-hybridized carbons (Fsp3) is 1.00. The average molecular weight is 245 g/mol. The van der Waals surface area contributed by atoms with E-state index >= 15 is 0 Å². The lowest BCUT2D eigenvalue weighted by Crippen LogP contribution is -2.56. The topological polar surface area (TPSA) is 59.8 Å². The van der Waals surface area contributed by atoms with Crippen molar-refractivity contribution >= 4 is 0 Å². The lowest BCUT2D eigenvalue weighted by molar-refractivity contribution is -0.0689. The van der Waals surface area contributed by atoms with Crippen LogP contribution in [0, 0.1) is 0 Å². The van der Waals surface area contributed by atoms with Crippen LogP contribution in [0.4, 0.5) is 0 Å². The molecule has 5 nitrogen and oxygen atoms in total. The zero-order valence-corrected chi connectivity index (χ0v) is 11.3. The summed E-state index contributed by atoms with van der Waals surface area (Å²) in [6.45, 7) is 10.6. The molecule has 5 heteroatoms. The fourth-order valence-electron chi connectivity index (χ4n) is 2.03. The Hall–Kier alpha value is -0.200. The average Bonchev–Trinajstić information content (AvgIpc) is 2.35. The second kappa shape index (κ2) is 8.00. The number of hydrogen-bond acceptors (Lipinski definition) is 5. The second-order valence-corrected chi connectivity index (χ2v) is 4.85. The van der Waals surface area contributed by atoms with E-state index in [0.717, 1.165) is 32.7 Å². The van der Waals surface area contributed by atoms with Crippen molar-refractivity contribution in [3.8, 4) is 0 Å². The Bertz CT molecular complexity index is 202. The van der Waals surface area contributed by atoms with Crippen LogP contribution in [-0.4, -0.2) is 56.0 Å². The molecule has 0 aromatic heterocycles. The highest BCUT2D eigenvalue weighted by Gasteiger charge is 2.28. The van der Waals surface area contributed by atoms with Gasteiger partial charge in [0.25, 0.3) is 0 Å². The summed E-state index contributed by atoms with van der Waals surface area (Å²) in [7, 11) is 0. The van der Waals surface area contributed by atoms with Gasteiger partial charge in [-0.15, -0.1) is 0 Å². The van der Waals surface area contributed by atoms with Gasteiger partial charge in [-0.3, -0.25) is 16.2 Å². The Balaban J connectivity index is 2.39. The molecule has 1 heterocycles. The summed E-state index contributed by atoms with van der Waals surface area (Å²) < 4.78 is 11.3. The minimum absolute atomic E-state index is 0.0723. The van der Waals surface area contributed by atoms with Crippen LogP contribution in [0.25, 0.3) is 0 Å². The molecule has 0 aliphatic carbocycles. The van der Waals surface area contributed by atoms with Crippen molar-refractivity contribution in [2.45, 2.75) is 45.4 Å². The standard InChI is InChI=1S/C12H27N3O2/c1-4-6-16-9-11(14-13)12-8-15(10(2)3)5-7-17-12/h10-12,14H,4-9,13H2,1-3H3. The van der Waals surface area contributed by atoms with Crippen LogP contribution < -0.4 is 11.3 Å². The number of nitrogens with zero attached hydrogens (tertiary/aromatic N) is 1. The summed E-state index contributed by atoms with van der Waals surface area (Å²) in [5, 5.41) is 0. The predicted molar refractivity (Wildman–Crippen MR) is 68.7 cm³/mol. The van der Waals surface area contributed by atoms with E-state index in [1.165, 1.54) is 0 Å². The Morgan fingerprint density at radius 2 is 2.29 bits per heavy atom. The molecule has 3 N–H and O–H groups in total. The minimum Gasteiger partial charge on any atom is -0.380 e. The smallest absolute Gasteiger partial charge is 0.0891 e. The van der Waals surface area contributed by atoms with Gasteiger partial charge in [0.05, 0.1) is 25.4 Å². The van der Waals surface area contributed by atoms with Crippen molar-refractivity contribution in [2.75, 3.05) is 32.9 Å². The third-order valence-electron chi connectivity index (χ3n) is 3.16. The van der Waals surface area contributed by atoms with E-state index in [2.05, 4.69) is 31.1 Å². The van der Waals surface area contributed by atoms with Gasteiger partial charge in [0.15, 0.2) is 0 Å². The molecule has 17 heavy (non-hydrogen) atoms. The molecule has 0 amide bonds. The van der Waals surface area contributed by atoms with Crippen molar-refractivity contribution in [2.24, 2.45) is 5.84 Å². The maximum absolute atomic E-state index is 5.78. The highest BCUT2D eigenvalue weighted by Crippen LogP contribution is 2.12. The first-order valence-corrected chi connectivity index (χ1v) is 6.58. The Labute approximate surface area is 105 Å². The summed E-state index contributed by atoms with van der Waals surface area (Å²) in [5.41, 5.74) is 2.81. The first-order valence-electron chi connectivity index (χ1n) is 6.58. The molecule has 1 saturated heterocycles. The number of nitrogens with two attached hydrogens (primary N) is 1. The zero-order chi connectivity index (χ0) is 12.7. The normalized spacial score (nSPS) is 24.2. The summed E-state index contributed by atoms with van der Waals surface area (Å²) >= 11 is 0. The molecule has 0 saturated carbocycles. The van der Waals surface area contributed by atoms with Gasteiger partial charge in [0.1, 0.15) is 0 Å². The lowest BCUT2D eigenvalue weighted by Gasteiger charge is -2.38. The van der Waals surface area contributed by atoms with Crippen LogP contribution in [0.5, 0.6) is 0 Å². The molecule has 0 radical (unpaired) electrons. The Kier molecular flexibility index (Phi) is 6.99. The summed E-state index contributed by atoms with van der Waals surface area (Å²) in [6.07, 6.45) is 1.15. The molecule has 1 aliphatic heterocycles. The maximum Gasteiger partial charge on any atom is 0.0891 e. The van der Waals surface area contributed by atoms with Crippen LogP contribution >= 0.6 is 0 Å². The van der Waals surface area contributed by atoms with Crippen LogP contribution in [0.1, 0.15) is 27.2 Å². The summed E-state index contributed by atoms with van der Waals surface area (Å²) in [4.78, 5) is 2.42. The van der Waals surface area contributed by atoms with Crippen molar-refractivity contribution in [1.82, 2.24) is 10.3 Å². The Morgan fingerprint density at radius 1 is 1.53 bits per heavy atom. The number of hydrazine groups is 1. The van der Waals surface area contributed by atoms with E-state index in [0.29, 0.717) is 12.6 Å². The quantitative estimate of drug-likeness (QED) is 0.385. The minimum atomic E-state index is 0.0723. The molecule has 0 aromatic rings. The van der Waals surface area contributed by atoms with Crippen LogP contribution in [-0.2, 0) is 9.47 Å². The van der Waals surface area contributed by atoms with Gasteiger partial charge >= 0.3 is 0 Å². The first kappa shape index (κ1) is 14.9. The van der Waals surface area contributed by atoms with E-state index in [9.17, 15) is 0 Å². The monoisotopic (exact) mass is 245 g/mol. The van der Waals surface area contributed by atoms with Gasteiger partial charge in [-0.1, -0.05) is 6.92 Å². The molecular weight excluding hydrogens is 218 g/mol. The van der Waals surface area contributed by atoms with E-state index in [1.807, 2.05) is 0 Å². The van der Waals surface area contributed by atoms with E-state index in [1.54, 1.807) is 0 Å². The Morgan fingerprint density at radius 3 is 2.88 bits per heavy atom. The molecule has 2 atom stereocenters. The van der Waals surface area contributed by atoms with Crippen LogP contribution in [0.15, 0.2) is 0 Å². The van der Waals surface area contributed by atoms with E-state index in [4.69, 9.17) is 15.3 Å². The largest absolute Gasteiger partial charge is 0.380 e. The van der Waals surface area contributed by atoms with Crippen molar-refractivity contribution in [1.29, 1.82) is 0 Å². The van der Waals surface area contributed by atoms with E-state index < -0.39 is 0 Å². The van der Waals surface area contributed by atoms with Crippen LogP contribution in [0.3, 0.4) is 0 Å². The van der Waals surface area contributed by atoms with Gasteiger partial charge in [0, 0.05) is 25.7 Å². The van der Waals surface area contributed by atoms with Gasteiger partial charge in [-0.05, 0) is 20.3 Å². The third kappa shape index (κ3) is 4.89. The molecule has 0 spiro atoms. The van der Waals surface area contributed by atoms with Gasteiger partial charge in [-0.25, -0.2) is 0 Å². The van der Waals surface area contributed by atoms with Gasteiger partial charge < -0.3 is 9.47 Å². The molecule has 0 bridgehead atoms. The molecule has 1 aliphatic rings. The number of nitrogens with one attached hydrogen (secondary N) is 1. The molecule has 102 valence electrons. The highest BCUT2D eigenvalue weighted by atomic mass is 16.5. The second-order valence-electron chi connectivity index (χ2n) is 4.85. The molecular formula is C12H27N3O2. The maximum atomic E-state index is 5.78. The predicted octanol–water partition coefficient (Wildman–Crippen LogP) is 0.354.